The monoisotopic (exact) mass is 358 g/mol. The van der Waals surface area contributed by atoms with Crippen LogP contribution >= 0.6 is 0 Å². The smallest absolute Gasteiger partial charge is 0.303 e. The third-order valence-corrected chi connectivity index (χ3v) is 4.32. The minimum absolute atomic E-state index is 0.0897. The first-order valence-corrected chi connectivity index (χ1v) is 8.63. The third-order valence-electron chi connectivity index (χ3n) is 4.32. The summed E-state index contributed by atoms with van der Waals surface area (Å²) in [6.45, 7) is 6.96. The lowest BCUT2D eigenvalue weighted by Gasteiger charge is -2.15. The van der Waals surface area contributed by atoms with E-state index in [4.69, 9.17) is 19.3 Å². The Hall–Kier alpha value is -2.69. The summed E-state index contributed by atoms with van der Waals surface area (Å²) in [5.74, 6) is 1.30. The SMILES string of the molecule is COc1cc(CCC(=O)O)ccc1OCCOc1c(C)ccc(C)c1C. The van der Waals surface area contributed by atoms with E-state index in [1.54, 1.807) is 13.2 Å². The lowest BCUT2D eigenvalue weighted by atomic mass is 10.1. The Morgan fingerprint density at radius 1 is 0.962 bits per heavy atom. The molecule has 0 radical (unpaired) electrons. The number of ether oxygens (including phenoxy) is 3. The van der Waals surface area contributed by atoms with Gasteiger partial charge in [-0.2, -0.15) is 0 Å². The minimum Gasteiger partial charge on any atom is -0.493 e. The number of carboxylic acid groups (broad SMARTS) is 1. The lowest BCUT2D eigenvalue weighted by molar-refractivity contribution is -0.136. The molecule has 0 aromatic heterocycles. The second-order valence-electron chi connectivity index (χ2n) is 6.23. The predicted octanol–water partition coefficient (Wildman–Crippen LogP) is 4.10. The molecule has 0 saturated carbocycles. The van der Waals surface area contributed by atoms with E-state index in [2.05, 4.69) is 26.0 Å². The maximum atomic E-state index is 10.7. The van der Waals surface area contributed by atoms with Crippen LogP contribution in [0.5, 0.6) is 17.2 Å². The summed E-state index contributed by atoms with van der Waals surface area (Å²) in [6, 6.07) is 9.62. The Labute approximate surface area is 154 Å². The summed E-state index contributed by atoms with van der Waals surface area (Å²) in [4.78, 5) is 10.7. The van der Waals surface area contributed by atoms with Gasteiger partial charge < -0.3 is 19.3 Å². The van der Waals surface area contributed by atoms with Gasteiger partial charge in [0.05, 0.1) is 7.11 Å². The van der Waals surface area contributed by atoms with Crippen molar-refractivity contribution < 1.29 is 24.1 Å². The highest BCUT2D eigenvalue weighted by Crippen LogP contribution is 2.29. The second kappa shape index (κ2) is 9.13. The Bertz CT molecular complexity index is 767. The van der Waals surface area contributed by atoms with Gasteiger partial charge in [-0.15, -0.1) is 0 Å². The molecule has 0 aliphatic rings. The number of aryl methyl sites for hydroxylation is 3. The average molecular weight is 358 g/mol. The van der Waals surface area contributed by atoms with Crippen molar-refractivity contribution in [3.63, 3.8) is 0 Å². The molecule has 0 spiro atoms. The van der Waals surface area contributed by atoms with Crippen LogP contribution < -0.4 is 14.2 Å². The molecule has 0 bridgehead atoms. The molecule has 0 saturated heterocycles. The highest BCUT2D eigenvalue weighted by atomic mass is 16.5. The molecule has 1 N–H and O–H groups in total. The Morgan fingerprint density at radius 3 is 2.35 bits per heavy atom. The van der Waals surface area contributed by atoms with Gasteiger partial charge >= 0.3 is 5.97 Å². The lowest BCUT2D eigenvalue weighted by Crippen LogP contribution is -2.11. The normalized spacial score (nSPS) is 10.5. The first-order chi connectivity index (χ1) is 12.4. The highest BCUT2D eigenvalue weighted by Gasteiger charge is 2.09. The second-order valence-corrected chi connectivity index (χ2v) is 6.23. The van der Waals surface area contributed by atoms with Gasteiger partial charge in [0.15, 0.2) is 11.5 Å². The maximum Gasteiger partial charge on any atom is 0.303 e. The van der Waals surface area contributed by atoms with E-state index >= 15 is 0 Å². The van der Waals surface area contributed by atoms with Crippen LogP contribution in [0.2, 0.25) is 0 Å². The predicted molar refractivity (Wildman–Crippen MR) is 101 cm³/mol. The van der Waals surface area contributed by atoms with Crippen LogP contribution in [-0.2, 0) is 11.2 Å². The summed E-state index contributed by atoms with van der Waals surface area (Å²) < 4.78 is 17.0. The van der Waals surface area contributed by atoms with Crippen LogP contribution in [0.3, 0.4) is 0 Å². The molecule has 0 amide bonds. The third kappa shape index (κ3) is 5.15. The summed E-state index contributed by atoms with van der Waals surface area (Å²) in [6.07, 6.45) is 0.549. The minimum atomic E-state index is -0.817. The topological polar surface area (TPSA) is 65.0 Å². The number of aliphatic carboxylic acids is 1. The van der Waals surface area contributed by atoms with Gasteiger partial charge in [-0.25, -0.2) is 0 Å². The van der Waals surface area contributed by atoms with E-state index in [1.165, 1.54) is 5.56 Å². The average Bonchev–Trinajstić information content (AvgIpc) is 2.63. The maximum absolute atomic E-state index is 10.7. The molecular weight excluding hydrogens is 332 g/mol. The molecule has 2 aromatic carbocycles. The molecule has 0 aliphatic carbocycles. The van der Waals surface area contributed by atoms with Crippen LogP contribution in [0.4, 0.5) is 0 Å². The highest BCUT2D eigenvalue weighted by molar-refractivity contribution is 5.67. The zero-order valence-corrected chi connectivity index (χ0v) is 15.8. The fraction of sp³-hybridized carbons (Fsp3) is 0.381. The summed E-state index contributed by atoms with van der Waals surface area (Å²) in [7, 11) is 1.57. The van der Waals surface area contributed by atoms with Gasteiger partial charge in [0.1, 0.15) is 19.0 Å². The van der Waals surface area contributed by atoms with Gasteiger partial charge in [-0.1, -0.05) is 18.2 Å². The molecule has 5 heteroatoms. The first-order valence-electron chi connectivity index (χ1n) is 8.63. The van der Waals surface area contributed by atoms with Crippen LogP contribution in [0.1, 0.15) is 28.7 Å². The number of carbonyl (C=O) groups is 1. The molecular formula is C21H26O5. The van der Waals surface area contributed by atoms with Crippen molar-refractivity contribution in [3.05, 3.63) is 52.6 Å². The molecule has 2 aromatic rings. The van der Waals surface area contributed by atoms with Crippen molar-refractivity contribution in [1.29, 1.82) is 0 Å². The number of hydrogen-bond donors (Lipinski definition) is 1. The number of methoxy groups -OCH3 is 1. The molecule has 0 fully saturated rings. The zero-order valence-electron chi connectivity index (χ0n) is 15.8. The Morgan fingerprint density at radius 2 is 1.65 bits per heavy atom. The van der Waals surface area contributed by atoms with E-state index < -0.39 is 5.97 Å². The summed E-state index contributed by atoms with van der Waals surface area (Å²) >= 11 is 0. The standard InChI is InChI=1S/C21H26O5/c1-14-5-6-15(2)21(16(14)3)26-12-11-25-18-9-7-17(8-10-20(22)23)13-19(18)24-4/h5-7,9,13H,8,10-12H2,1-4H3,(H,22,23). The van der Waals surface area contributed by atoms with Crippen molar-refractivity contribution in [2.24, 2.45) is 0 Å². The molecule has 26 heavy (non-hydrogen) atoms. The van der Waals surface area contributed by atoms with Gasteiger partial charge in [0, 0.05) is 6.42 Å². The van der Waals surface area contributed by atoms with Crippen LogP contribution in [0, 0.1) is 20.8 Å². The van der Waals surface area contributed by atoms with Gasteiger partial charge in [0.2, 0.25) is 0 Å². The molecule has 5 nitrogen and oxygen atoms in total. The summed E-state index contributed by atoms with van der Waals surface area (Å²) in [5.41, 5.74) is 4.35. The Kier molecular flexibility index (Phi) is 6.89. The zero-order chi connectivity index (χ0) is 19.1. The molecule has 0 heterocycles. The van der Waals surface area contributed by atoms with E-state index in [9.17, 15) is 4.79 Å². The Balaban J connectivity index is 1.93. The van der Waals surface area contributed by atoms with E-state index in [-0.39, 0.29) is 6.42 Å². The van der Waals surface area contributed by atoms with Gasteiger partial charge in [-0.05, 0) is 61.6 Å². The quantitative estimate of drug-likeness (QED) is 0.684. The summed E-state index contributed by atoms with van der Waals surface area (Å²) in [5, 5.41) is 8.78. The first kappa shape index (κ1) is 19.6. The van der Waals surface area contributed by atoms with Crippen molar-refractivity contribution >= 4 is 5.97 Å². The molecule has 2 rings (SSSR count). The fourth-order valence-electron chi connectivity index (χ4n) is 2.68. The number of rotatable bonds is 9. The fourth-order valence-corrected chi connectivity index (χ4v) is 2.68. The largest absolute Gasteiger partial charge is 0.493 e. The van der Waals surface area contributed by atoms with Crippen LogP contribution in [0.25, 0.3) is 0 Å². The van der Waals surface area contributed by atoms with E-state index in [0.29, 0.717) is 31.1 Å². The molecule has 0 unspecified atom stereocenters. The van der Waals surface area contributed by atoms with E-state index in [0.717, 1.165) is 22.4 Å². The number of hydrogen-bond acceptors (Lipinski definition) is 4. The van der Waals surface area contributed by atoms with Crippen molar-refractivity contribution in [2.45, 2.75) is 33.6 Å². The van der Waals surface area contributed by atoms with Crippen molar-refractivity contribution in [1.82, 2.24) is 0 Å². The number of benzene rings is 2. The molecule has 140 valence electrons. The van der Waals surface area contributed by atoms with Crippen molar-refractivity contribution in [3.8, 4) is 17.2 Å². The van der Waals surface area contributed by atoms with Crippen LogP contribution in [-0.4, -0.2) is 31.4 Å². The van der Waals surface area contributed by atoms with E-state index in [1.807, 2.05) is 19.1 Å². The number of carboxylic acids is 1. The van der Waals surface area contributed by atoms with Crippen LogP contribution in [0.15, 0.2) is 30.3 Å². The van der Waals surface area contributed by atoms with Gasteiger partial charge in [0.25, 0.3) is 0 Å². The molecule has 0 atom stereocenters. The van der Waals surface area contributed by atoms with Gasteiger partial charge in [-0.3, -0.25) is 4.79 Å². The van der Waals surface area contributed by atoms with Crippen molar-refractivity contribution in [2.75, 3.05) is 20.3 Å². The molecule has 0 aliphatic heterocycles.